The topological polar surface area (TPSA) is 485 Å². The summed E-state index contributed by atoms with van der Waals surface area (Å²) in [5.41, 5.74) is 0. The molecule has 0 saturated heterocycles. The Kier molecular flexibility index (Phi) is 28.0. The Morgan fingerprint density at radius 2 is 0.500 bits per heavy atom. The van der Waals surface area contributed by atoms with E-state index < -0.39 is 129 Å². The summed E-state index contributed by atoms with van der Waals surface area (Å²) in [6.45, 7) is -2.69. The van der Waals surface area contributed by atoms with Crippen molar-refractivity contribution in [3.8, 4) is 0 Å². The number of carboxylic acids is 3. The number of carbonyl (C=O) groups excluding carboxylic acids is 3. The molecule has 0 spiro atoms. The van der Waals surface area contributed by atoms with E-state index in [1.165, 1.54) is 0 Å². The SMILES string of the molecule is O=C([O-])[C@H](O)[C@@H](O)[C@H](O)[C@H](O)C(O)CO.O=C([O-])[C@H](O)[C@@H](O)[C@H](O)[C@H](O)C(O)CO.O=C([O-])[C@H](O)[C@@H](O)[C@H](O)[C@H](O)C(O)CO.[Al+3]. The van der Waals surface area contributed by atoms with E-state index in [-0.39, 0.29) is 17.4 Å². The Morgan fingerprint density at radius 1 is 0.348 bits per heavy atom. The zero-order chi connectivity index (χ0) is 36.5. The second-order valence-electron chi connectivity index (χ2n) is 8.96. The van der Waals surface area contributed by atoms with E-state index in [0.29, 0.717) is 0 Å². The number of carboxylic acid groups (broad SMARTS) is 3. The molecule has 25 heteroatoms. The van der Waals surface area contributed by atoms with Crippen LogP contribution in [-0.2, 0) is 14.4 Å². The number of rotatable bonds is 18. The van der Waals surface area contributed by atoms with Crippen molar-refractivity contribution in [1.82, 2.24) is 0 Å². The maximum atomic E-state index is 10.1. The van der Waals surface area contributed by atoms with Crippen molar-refractivity contribution < 1.29 is 122 Å². The summed E-state index contributed by atoms with van der Waals surface area (Å²) in [5, 5.41) is 190. The van der Waals surface area contributed by atoms with Gasteiger partial charge in [-0.2, -0.15) is 0 Å². The first-order chi connectivity index (χ1) is 20.5. The average molecular weight is 703 g/mol. The van der Waals surface area contributed by atoms with Crippen LogP contribution in [-0.4, -0.2) is 239 Å². The van der Waals surface area contributed by atoms with Crippen molar-refractivity contribution in [3.63, 3.8) is 0 Å². The van der Waals surface area contributed by atoms with Crippen LogP contribution in [0.3, 0.4) is 0 Å². The average Bonchev–Trinajstić information content (AvgIpc) is 3.02. The summed E-state index contributed by atoms with van der Waals surface area (Å²) in [7, 11) is 0. The van der Waals surface area contributed by atoms with Crippen molar-refractivity contribution in [1.29, 1.82) is 0 Å². The molecule has 0 fully saturated rings. The standard InChI is InChI=1S/3C7H14O8.Al/c3*8-1-2(9)3(10)4(11)5(12)6(13)7(14)15;/h3*2-6,8-13H,1H2,(H,14,15);/q;;;+3/p-3/t3*2?,3-,4-,5+,6-;/m111./s1. The minimum Gasteiger partial charge on any atom is -0.547 e. The van der Waals surface area contributed by atoms with E-state index in [1.54, 1.807) is 0 Å². The fourth-order valence-electron chi connectivity index (χ4n) is 2.59. The van der Waals surface area contributed by atoms with Gasteiger partial charge in [0.1, 0.15) is 91.6 Å². The number of aliphatic hydroxyl groups excluding tert-OH is 18. The molecule has 18 N–H and O–H groups in total. The van der Waals surface area contributed by atoms with Gasteiger partial charge >= 0.3 is 17.4 Å². The van der Waals surface area contributed by atoms with Crippen LogP contribution in [0.1, 0.15) is 0 Å². The van der Waals surface area contributed by atoms with Gasteiger partial charge in [0, 0.05) is 0 Å². The molecule has 0 bridgehead atoms. The summed E-state index contributed by atoms with van der Waals surface area (Å²) < 4.78 is 0. The predicted octanol–water partition coefficient (Wildman–Crippen LogP) is -16.8. The van der Waals surface area contributed by atoms with Gasteiger partial charge in [-0.25, -0.2) is 0 Å². The molecular weight excluding hydrogens is 663 g/mol. The first kappa shape index (κ1) is 51.1. The molecule has 3 unspecified atom stereocenters. The van der Waals surface area contributed by atoms with Gasteiger partial charge in [-0.1, -0.05) is 0 Å². The molecule has 0 aromatic heterocycles. The summed E-state index contributed by atoms with van der Waals surface area (Å²) in [6.07, 6.45) is -31.5. The quantitative estimate of drug-likeness (QED) is 0.0589. The van der Waals surface area contributed by atoms with Crippen molar-refractivity contribution in [2.45, 2.75) is 91.6 Å². The third kappa shape index (κ3) is 17.4. The van der Waals surface area contributed by atoms with Gasteiger partial charge in [-0.3, -0.25) is 0 Å². The van der Waals surface area contributed by atoms with E-state index in [2.05, 4.69) is 0 Å². The molecule has 0 aliphatic heterocycles. The van der Waals surface area contributed by atoms with E-state index >= 15 is 0 Å². The molecule has 0 amide bonds. The van der Waals surface area contributed by atoms with Gasteiger partial charge in [0.15, 0.2) is 0 Å². The summed E-state index contributed by atoms with van der Waals surface area (Å²) >= 11 is 0. The monoisotopic (exact) mass is 702 g/mol. The molecular formula is C21H39AlO24. The molecule has 0 aliphatic rings. The third-order valence-electron chi connectivity index (χ3n) is 5.54. The van der Waals surface area contributed by atoms with Crippen LogP contribution < -0.4 is 15.3 Å². The van der Waals surface area contributed by atoms with Gasteiger partial charge in [0.05, 0.1) is 37.7 Å². The smallest absolute Gasteiger partial charge is 0.547 e. The zero-order valence-corrected chi connectivity index (χ0v) is 24.5. The Morgan fingerprint density at radius 3 is 0.609 bits per heavy atom. The molecule has 0 aromatic carbocycles. The minimum atomic E-state index is -2.40. The normalized spacial score (nSPS) is 21.0. The van der Waals surface area contributed by atoms with Crippen LogP contribution >= 0.6 is 0 Å². The zero-order valence-electron chi connectivity index (χ0n) is 23.4. The molecule has 0 rings (SSSR count). The van der Waals surface area contributed by atoms with Crippen molar-refractivity contribution in [3.05, 3.63) is 0 Å². The summed E-state index contributed by atoms with van der Waals surface area (Å²) in [4.78, 5) is 30.2. The first-order valence-corrected chi connectivity index (χ1v) is 12.1. The Labute approximate surface area is 268 Å². The van der Waals surface area contributed by atoms with Crippen LogP contribution in [0.4, 0.5) is 0 Å². The Hall–Kier alpha value is -1.78. The first-order valence-electron chi connectivity index (χ1n) is 12.1. The van der Waals surface area contributed by atoms with Crippen molar-refractivity contribution in [2.24, 2.45) is 0 Å². The van der Waals surface area contributed by atoms with Crippen LogP contribution in [0.2, 0.25) is 0 Å². The minimum absolute atomic E-state index is 0. The van der Waals surface area contributed by atoms with Crippen LogP contribution in [0.15, 0.2) is 0 Å². The Bertz CT molecular complexity index is 733. The molecule has 24 nitrogen and oxygen atoms in total. The largest absolute Gasteiger partial charge is 3.00 e. The number of aliphatic carboxylic acids is 3. The van der Waals surface area contributed by atoms with Crippen LogP contribution in [0, 0.1) is 0 Å². The molecule has 15 atom stereocenters. The van der Waals surface area contributed by atoms with Crippen LogP contribution in [0.25, 0.3) is 0 Å². The van der Waals surface area contributed by atoms with Crippen molar-refractivity contribution >= 4 is 35.3 Å². The fourth-order valence-corrected chi connectivity index (χ4v) is 2.59. The van der Waals surface area contributed by atoms with Gasteiger partial charge in [0.25, 0.3) is 0 Å². The van der Waals surface area contributed by atoms with E-state index in [9.17, 15) is 29.7 Å². The van der Waals surface area contributed by atoms with Gasteiger partial charge in [0.2, 0.25) is 0 Å². The summed E-state index contributed by atoms with van der Waals surface area (Å²) in [6, 6.07) is 0. The molecule has 0 aliphatic carbocycles. The number of aliphatic hydroxyl groups is 18. The molecule has 0 saturated carbocycles. The second-order valence-corrected chi connectivity index (χ2v) is 8.96. The summed E-state index contributed by atoms with van der Waals surface area (Å²) in [5.74, 6) is -6.10. The maximum absolute atomic E-state index is 10.1. The number of hydrogen-bond acceptors (Lipinski definition) is 24. The molecule has 0 radical (unpaired) electrons. The number of carbonyl (C=O) groups is 3. The van der Waals surface area contributed by atoms with Crippen molar-refractivity contribution in [2.75, 3.05) is 19.8 Å². The van der Waals surface area contributed by atoms with E-state index in [0.717, 1.165) is 0 Å². The van der Waals surface area contributed by atoms with Gasteiger partial charge in [-0.05, 0) is 0 Å². The van der Waals surface area contributed by atoms with E-state index in [4.69, 9.17) is 91.9 Å². The molecule has 46 heavy (non-hydrogen) atoms. The molecule has 0 heterocycles. The maximum Gasteiger partial charge on any atom is 3.00 e. The van der Waals surface area contributed by atoms with Gasteiger partial charge in [-0.15, -0.1) is 0 Å². The van der Waals surface area contributed by atoms with Crippen LogP contribution in [0.5, 0.6) is 0 Å². The third-order valence-corrected chi connectivity index (χ3v) is 5.54. The molecule has 270 valence electrons. The van der Waals surface area contributed by atoms with E-state index in [1.807, 2.05) is 0 Å². The predicted molar refractivity (Wildman–Crippen MR) is 132 cm³/mol. The molecule has 0 aromatic rings. The fraction of sp³-hybridized carbons (Fsp3) is 0.857. The number of hydrogen-bond donors (Lipinski definition) is 18. The second kappa shape index (κ2) is 25.3. The Balaban J connectivity index is -0.000000285. The van der Waals surface area contributed by atoms with Gasteiger partial charge < -0.3 is 122 Å².